The Balaban J connectivity index is 2.29. The van der Waals surface area contributed by atoms with Crippen LogP contribution in [0.1, 0.15) is 5.56 Å². The summed E-state index contributed by atoms with van der Waals surface area (Å²) in [5, 5.41) is 10.1. The number of aromatic hydroxyl groups is 1. The second-order valence-corrected chi connectivity index (χ2v) is 5.49. The molecule has 3 aromatic rings. The largest absolute Gasteiger partial charge is 0.508 e. The van der Waals surface area contributed by atoms with E-state index in [1.54, 1.807) is 13.0 Å². The molecule has 1 aromatic heterocycles. The van der Waals surface area contributed by atoms with E-state index in [0.717, 1.165) is 10.0 Å². The van der Waals surface area contributed by atoms with Crippen molar-refractivity contribution < 1.29 is 9.52 Å². The summed E-state index contributed by atoms with van der Waals surface area (Å²) in [6.45, 7) is 1.72. The normalized spacial score (nSPS) is 10.9. The van der Waals surface area contributed by atoms with Crippen molar-refractivity contribution in [3.05, 3.63) is 62.9 Å². The van der Waals surface area contributed by atoms with Crippen molar-refractivity contribution in [2.24, 2.45) is 0 Å². The number of halogens is 1. The highest BCUT2D eigenvalue weighted by atomic mass is 79.9. The van der Waals surface area contributed by atoms with Crippen molar-refractivity contribution in [3.63, 3.8) is 0 Å². The zero-order valence-electron chi connectivity index (χ0n) is 10.7. The first-order chi connectivity index (χ1) is 9.58. The summed E-state index contributed by atoms with van der Waals surface area (Å²) in [6.07, 6.45) is 1.44. The molecule has 0 aliphatic carbocycles. The molecule has 4 heteroatoms. The molecule has 2 aromatic carbocycles. The molecular formula is C16H11BrO3. The standard InChI is InChI=1S/C16H11BrO3/c1-9-14(18)7-6-12-15(19)13(8-20-16(9)12)10-2-4-11(17)5-3-10/h2-8,18H,1H3. The number of aryl methyl sites for hydroxylation is 1. The molecule has 3 rings (SSSR count). The molecule has 1 heterocycles. The fourth-order valence-corrected chi connectivity index (χ4v) is 2.42. The summed E-state index contributed by atoms with van der Waals surface area (Å²) in [5.74, 6) is 0.122. The SMILES string of the molecule is Cc1c(O)ccc2c(=O)c(-c3ccc(Br)cc3)coc12. The third-order valence-corrected chi connectivity index (χ3v) is 3.85. The summed E-state index contributed by atoms with van der Waals surface area (Å²) in [4.78, 5) is 12.5. The molecule has 0 spiro atoms. The number of phenols is 1. The minimum atomic E-state index is -0.100. The smallest absolute Gasteiger partial charge is 0.200 e. The van der Waals surface area contributed by atoms with E-state index in [4.69, 9.17) is 4.42 Å². The number of phenolic OH excluding ortho intramolecular Hbond substituents is 1. The van der Waals surface area contributed by atoms with Crippen LogP contribution in [0.3, 0.4) is 0 Å². The third kappa shape index (κ3) is 2.02. The lowest BCUT2D eigenvalue weighted by Crippen LogP contribution is -2.05. The first-order valence-electron chi connectivity index (χ1n) is 6.08. The van der Waals surface area contributed by atoms with E-state index >= 15 is 0 Å². The average Bonchev–Trinajstić information content (AvgIpc) is 2.45. The Morgan fingerprint density at radius 3 is 2.50 bits per heavy atom. The van der Waals surface area contributed by atoms with Gasteiger partial charge in [0.25, 0.3) is 0 Å². The van der Waals surface area contributed by atoms with Crippen molar-refractivity contribution in [1.82, 2.24) is 0 Å². The minimum absolute atomic E-state index is 0.100. The zero-order chi connectivity index (χ0) is 14.3. The molecule has 20 heavy (non-hydrogen) atoms. The second kappa shape index (κ2) is 4.80. The van der Waals surface area contributed by atoms with Gasteiger partial charge in [0, 0.05) is 10.0 Å². The first-order valence-corrected chi connectivity index (χ1v) is 6.87. The van der Waals surface area contributed by atoms with Crippen LogP contribution >= 0.6 is 15.9 Å². The lowest BCUT2D eigenvalue weighted by Gasteiger charge is -2.06. The van der Waals surface area contributed by atoms with Crippen LogP contribution in [0.2, 0.25) is 0 Å². The molecule has 0 unspecified atom stereocenters. The number of hydrogen-bond acceptors (Lipinski definition) is 3. The van der Waals surface area contributed by atoms with Gasteiger partial charge in [-0.1, -0.05) is 28.1 Å². The van der Waals surface area contributed by atoms with E-state index in [0.29, 0.717) is 22.1 Å². The highest BCUT2D eigenvalue weighted by molar-refractivity contribution is 9.10. The maximum Gasteiger partial charge on any atom is 0.200 e. The van der Waals surface area contributed by atoms with Crippen LogP contribution in [0.4, 0.5) is 0 Å². The summed E-state index contributed by atoms with van der Waals surface area (Å²) in [6, 6.07) is 10.6. The van der Waals surface area contributed by atoms with E-state index in [9.17, 15) is 9.90 Å². The van der Waals surface area contributed by atoms with Gasteiger partial charge in [-0.3, -0.25) is 4.79 Å². The maximum atomic E-state index is 12.5. The molecule has 1 N–H and O–H groups in total. The number of rotatable bonds is 1. The molecular weight excluding hydrogens is 320 g/mol. The van der Waals surface area contributed by atoms with Gasteiger partial charge in [0.2, 0.25) is 5.43 Å². The first kappa shape index (κ1) is 12.9. The van der Waals surface area contributed by atoms with E-state index < -0.39 is 0 Å². The van der Waals surface area contributed by atoms with Gasteiger partial charge in [-0.2, -0.15) is 0 Å². The van der Waals surface area contributed by atoms with Gasteiger partial charge in [-0.05, 0) is 36.8 Å². The molecule has 0 atom stereocenters. The Morgan fingerprint density at radius 1 is 1.10 bits per heavy atom. The van der Waals surface area contributed by atoms with Gasteiger partial charge in [0.05, 0.1) is 10.9 Å². The molecule has 0 amide bonds. The van der Waals surface area contributed by atoms with Crippen LogP contribution < -0.4 is 5.43 Å². The fourth-order valence-electron chi connectivity index (χ4n) is 2.16. The molecule has 0 fully saturated rings. The Hall–Kier alpha value is -2.07. The fraction of sp³-hybridized carbons (Fsp3) is 0.0625. The van der Waals surface area contributed by atoms with Crippen molar-refractivity contribution in [3.8, 4) is 16.9 Å². The molecule has 0 saturated heterocycles. The van der Waals surface area contributed by atoms with Crippen molar-refractivity contribution in [2.75, 3.05) is 0 Å². The van der Waals surface area contributed by atoms with E-state index in [-0.39, 0.29) is 11.2 Å². The van der Waals surface area contributed by atoms with Gasteiger partial charge in [0.1, 0.15) is 17.6 Å². The summed E-state index contributed by atoms with van der Waals surface area (Å²) >= 11 is 3.36. The summed E-state index contributed by atoms with van der Waals surface area (Å²) < 4.78 is 6.50. The molecule has 0 bridgehead atoms. The van der Waals surface area contributed by atoms with Gasteiger partial charge in [-0.25, -0.2) is 0 Å². The molecule has 100 valence electrons. The third-order valence-electron chi connectivity index (χ3n) is 3.32. The molecule has 0 aliphatic rings. The average molecular weight is 331 g/mol. The number of hydrogen-bond donors (Lipinski definition) is 1. The zero-order valence-corrected chi connectivity index (χ0v) is 12.3. The van der Waals surface area contributed by atoms with Crippen LogP contribution in [0.25, 0.3) is 22.1 Å². The Kier molecular flexibility index (Phi) is 3.10. The molecule has 0 aliphatic heterocycles. The van der Waals surface area contributed by atoms with Gasteiger partial charge < -0.3 is 9.52 Å². The Bertz CT molecular complexity index is 848. The maximum absolute atomic E-state index is 12.5. The van der Waals surface area contributed by atoms with Gasteiger partial charge in [0.15, 0.2) is 0 Å². The summed E-state index contributed by atoms with van der Waals surface area (Å²) in [5.41, 5.74) is 2.21. The van der Waals surface area contributed by atoms with Crippen LogP contribution in [-0.4, -0.2) is 5.11 Å². The predicted molar refractivity (Wildman–Crippen MR) is 82.0 cm³/mol. The van der Waals surface area contributed by atoms with Crippen LogP contribution in [-0.2, 0) is 0 Å². The minimum Gasteiger partial charge on any atom is -0.508 e. The predicted octanol–water partition coefficient (Wildman–Crippen LogP) is 4.24. The lowest BCUT2D eigenvalue weighted by molar-refractivity contribution is 0.469. The second-order valence-electron chi connectivity index (χ2n) is 4.57. The Morgan fingerprint density at radius 2 is 1.80 bits per heavy atom. The summed E-state index contributed by atoms with van der Waals surface area (Å²) in [7, 11) is 0. The van der Waals surface area contributed by atoms with Crippen LogP contribution in [0, 0.1) is 6.92 Å². The van der Waals surface area contributed by atoms with Crippen molar-refractivity contribution >= 4 is 26.9 Å². The van der Waals surface area contributed by atoms with Crippen molar-refractivity contribution in [1.29, 1.82) is 0 Å². The monoisotopic (exact) mass is 330 g/mol. The highest BCUT2D eigenvalue weighted by Crippen LogP contribution is 2.27. The molecule has 0 saturated carbocycles. The number of fused-ring (bicyclic) bond motifs is 1. The topological polar surface area (TPSA) is 50.4 Å². The van der Waals surface area contributed by atoms with Crippen LogP contribution in [0.5, 0.6) is 5.75 Å². The van der Waals surface area contributed by atoms with E-state index in [1.165, 1.54) is 12.3 Å². The number of benzene rings is 2. The lowest BCUT2D eigenvalue weighted by atomic mass is 10.0. The molecule has 0 radical (unpaired) electrons. The quantitative estimate of drug-likeness (QED) is 0.726. The highest BCUT2D eigenvalue weighted by Gasteiger charge is 2.12. The van der Waals surface area contributed by atoms with Gasteiger partial charge >= 0.3 is 0 Å². The van der Waals surface area contributed by atoms with E-state index in [2.05, 4.69) is 15.9 Å². The van der Waals surface area contributed by atoms with Gasteiger partial charge in [-0.15, -0.1) is 0 Å². The van der Waals surface area contributed by atoms with E-state index in [1.807, 2.05) is 24.3 Å². The van der Waals surface area contributed by atoms with Crippen molar-refractivity contribution in [2.45, 2.75) is 6.92 Å². The molecule has 3 nitrogen and oxygen atoms in total. The Labute approximate surface area is 123 Å². The van der Waals surface area contributed by atoms with Crippen LogP contribution in [0.15, 0.2) is 56.3 Å².